The number of hydrogen-bond donors (Lipinski definition) is 1. The predicted molar refractivity (Wildman–Crippen MR) is 74.7 cm³/mol. The number of nitrogens with two attached hydrogens (primary N) is 1. The maximum atomic E-state index is 13.3. The number of rotatable bonds is 4. The fourth-order valence-corrected chi connectivity index (χ4v) is 3.08. The Kier molecular flexibility index (Phi) is 3.94. The van der Waals surface area contributed by atoms with E-state index in [-0.39, 0.29) is 16.3 Å². The highest BCUT2D eigenvalue weighted by Gasteiger charge is 2.16. The number of sulfone groups is 1. The molecule has 0 atom stereocenters. The highest BCUT2D eigenvalue weighted by Crippen LogP contribution is 2.21. The summed E-state index contributed by atoms with van der Waals surface area (Å²) in [6.07, 6.45) is 0. The summed E-state index contributed by atoms with van der Waals surface area (Å²) < 4.78 is 42.7. The smallest absolute Gasteiger partial charge is 0.182 e. The SMILES string of the molecule is COc1ccc(S(=O)(=O)Cc2ccc(N)c(F)c2)cc1. The van der Waals surface area contributed by atoms with Crippen LogP contribution >= 0.6 is 0 Å². The second kappa shape index (κ2) is 5.50. The third-order valence-electron chi connectivity index (χ3n) is 2.84. The largest absolute Gasteiger partial charge is 0.497 e. The Hall–Kier alpha value is -2.08. The molecule has 0 aliphatic carbocycles. The maximum Gasteiger partial charge on any atom is 0.182 e. The van der Waals surface area contributed by atoms with E-state index in [1.165, 1.54) is 31.4 Å². The average Bonchev–Trinajstić information content (AvgIpc) is 2.43. The Morgan fingerprint density at radius 1 is 1.15 bits per heavy atom. The van der Waals surface area contributed by atoms with Gasteiger partial charge in [0.2, 0.25) is 0 Å². The van der Waals surface area contributed by atoms with Gasteiger partial charge in [-0.2, -0.15) is 0 Å². The molecule has 0 heterocycles. The van der Waals surface area contributed by atoms with Crippen LogP contribution < -0.4 is 10.5 Å². The van der Waals surface area contributed by atoms with E-state index in [0.29, 0.717) is 11.3 Å². The molecule has 0 radical (unpaired) electrons. The summed E-state index contributed by atoms with van der Waals surface area (Å²) in [4.78, 5) is 0.163. The van der Waals surface area contributed by atoms with Gasteiger partial charge in [0.05, 0.1) is 23.4 Å². The van der Waals surface area contributed by atoms with Crippen LogP contribution in [0.4, 0.5) is 10.1 Å². The van der Waals surface area contributed by atoms with Gasteiger partial charge >= 0.3 is 0 Å². The zero-order valence-corrected chi connectivity index (χ0v) is 11.7. The maximum absolute atomic E-state index is 13.3. The van der Waals surface area contributed by atoms with Crippen molar-refractivity contribution in [3.63, 3.8) is 0 Å². The van der Waals surface area contributed by atoms with Crippen molar-refractivity contribution in [1.82, 2.24) is 0 Å². The van der Waals surface area contributed by atoms with E-state index in [1.54, 1.807) is 12.1 Å². The van der Waals surface area contributed by atoms with Crippen LogP contribution in [0.2, 0.25) is 0 Å². The first-order valence-electron chi connectivity index (χ1n) is 5.83. The number of anilines is 1. The van der Waals surface area contributed by atoms with Gasteiger partial charge in [0.1, 0.15) is 11.6 Å². The Labute approximate surface area is 116 Å². The molecule has 0 fully saturated rings. The van der Waals surface area contributed by atoms with E-state index in [0.717, 1.165) is 6.07 Å². The topological polar surface area (TPSA) is 69.4 Å². The summed E-state index contributed by atoms with van der Waals surface area (Å²) in [5.41, 5.74) is 5.71. The minimum atomic E-state index is -3.53. The molecule has 6 heteroatoms. The Morgan fingerprint density at radius 2 is 1.80 bits per heavy atom. The van der Waals surface area contributed by atoms with Crippen LogP contribution in [0.1, 0.15) is 5.56 Å². The molecular formula is C14H14FNO3S. The van der Waals surface area contributed by atoms with E-state index in [2.05, 4.69) is 0 Å². The van der Waals surface area contributed by atoms with Crippen LogP contribution in [0, 0.1) is 5.82 Å². The number of benzene rings is 2. The van der Waals surface area contributed by atoms with Gasteiger partial charge in [0.15, 0.2) is 9.84 Å². The molecule has 0 aromatic heterocycles. The minimum Gasteiger partial charge on any atom is -0.497 e. The molecule has 106 valence electrons. The lowest BCUT2D eigenvalue weighted by Gasteiger charge is -2.07. The predicted octanol–water partition coefficient (Wildman–Crippen LogP) is 2.39. The van der Waals surface area contributed by atoms with Crippen LogP contribution in [-0.4, -0.2) is 15.5 Å². The quantitative estimate of drug-likeness (QED) is 0.879. The second-order valence-electron chi connectivity index (χ2n) is 4.29. The first-order valence-corrected chi connectivity index (χ1v) is 7.48. The van der Waals surface area contributed by atoms with Crippen LogP contribution in [0.15, 0.2) is 47.4 Å². The molecule has 0 bridgehead atoms. The van der Waals surface area contributed by atoms with Gasteiger partial charge in [-0.3, -0.25) is 0 Å². The van der Waals surface area contributed by atoms with Gasteiger partial charge in [-0.25, -0.2) is 12.8 Å². The van der Waals surface area contributed by atoms with Gasteiger partial charge in [0.25, 0.3) is 0 Å². The van der Waals surface area contributed by atoms with Crippen LogP contribution in [0.25, 0.3) is 0 Å². The van der Waals surface area contributed by atoms with Crippen molar-refractivity contribution in [1.29, 1.82) is 0 Å². The highest BCUT2D eigenvalue weighted by atomic mass is 32.2. The zero-order valence-electron chi connectivity index (χ0n) is 10.8. The molecule has 2 rings (SSSR count). The first kappa shape index (κ1) is 14.3. The van der Waals surface area contributed by atoms with E-state index in [9.17, 15) is 12.8 Å². The van der Waals surface area contributed by atoms with Gasteiger partial charge < -0.3 is 10.5 Å². The molecule has 2 aromatic carbocycles. The van der Waals surface area contributed by atoms with Crippen molar-refractivity contribution in [3.8, 4) is 5.75 Å². The summed E-state index contributed by atoms with van der Waals surface area (Å²) >= 11 is 0. The van der Waals surface area contributed by atoms with E-state index >= 15 is 0 Å². The fourth-order valence-electron chi connectivity index (χ4n) is 1.75. The van der Waals surface area contributed by atoms with Gasteiger partial charge in [-0.05, 0) is 42.0 Å². The normalized spacial score (nSPS) is 11.3. The standard InChI is InChI=1S/C14H14FNO3S/c1-19-11-3-5-12(6-4-11)20(17,18)9-10-2-7-14(16)13(15)8-10/h2-8H,9,16H2,1H3. The van der Waals surface area contributed by atoms with Gasteiger partial charge in [-0.15, -0.1) is 0 Å². The molecule has 4 nitrogen and oxygen atoms in total. The molecule has 2 N–H and O–H groups in total. The number of halogens is 1. The van der Waals surface area contributed by atoms with Crippen molar-refractivity contribution in [2.75, 3.05) is 12.8 Å². The van der Waals surface area contributed by atoms with Crippen LogP contribution in [-0.2, 0) is 15.6 Å². The molecule has 0 unspecified atom stereocenters. The lowest BCUT2D eigenvalue weighted by molar-refractivity contribution is 0.414. The number of nitrogen functional groups attached to an aromatic ring is 1. The fraction of sp³-hybridized carbons (Fsp3) is 0.143. The average molecular weight is 295 g/mol. The van der Waals surface area contributed by atoms with E-state index < -0.39 is 15.7 Å². The molecule has 2 aromatic rings. The summed E-state index contributed by atoms with van der Waals surface area (Å²) in [5.74, 6) is -0.328. The molecule has 0 aliphatic rings. The number of hydrogen-bond acceptors (Lipinski definition) is 4. The molecule has 0 aliphatic heterocycles. The Balaban J connectivity index is 2.27. The van der Waals surface area contributed by atoms with Gasteiger partial charge in [-0.1, -0.05) is 6.07 Å². The number of methoxy groups -OCH3 is 1. The minimum absolute atomic E-state index is 0.00408. The first-order chi connectivity index (χ1) is 9.42. The summed E-state index contributed by atoms with van der Waals surface area (Å²) in [5, 5.41) is 0. The van der Waals surface area contributed by atoms with Crippen molar-refractivity contribution < 1.29 is 17.5 Å². The molecule has 0 saturated heterocycles. The summed E-state index contributed by atoms with van der Waals surface area (Å²) in [7, 11) is -2.03. The Bertz CT molecular complexity index is 712. The van der Waals surface area contributed by atoms with E-state index in [4.69, 9.17) is 10.5 Å². The van der Waals surface area contributed by atoms with Crippen LogP contribution in [0.5, 0.6) is 5.75 Å². The van der Waals surface area contributed by atoms with Gasteiger partial charge in [0, 0.05) is 0 Å². The van der Waals surface area contributed by atoms with E-state index in [1.807, 2.05) is 0 Å². The number of ether oxygens (including phenoxy) is 1. The van der Waals surface area contributed by atoms with Crippen molar-refractivity contribution in [2.24, 2.45) is 0 Å². The molecule has 0 spiro atoms. The highest BCUT2D eigenvalue weighted by molar-refractivity contribution is 7.90. The van der Waals surface area contributed by atoms with Crippen molar-refractivity contribution in [2.45, 2.75) is 10.6 Å². The summed E-state index contributed by atoms with van der Waals surface area (Å²) in [6, 6.07) is 10.0. The zero-order chi connectivity index (χ0) is 14.8. The van der Waals surface area contributed by atoms with Crippen LogP contribution in [0.3, 0.4) is 0 Å². The third-order valence-corrected chi connectivity index (χ3v) is 4.54. The molecular weight excluding hydrogens is 281 g/mol. The Morgan fingerprint density at radius 3 is 2.35 bits per heavy atom. The summed E-state index contributed by atoms with van der Waals surface area (Å²) in [6.45, 7) is 0. The monoisotopic (exact) mass is 295 g/mol. The molecule has 0 saturated carbocycles. The van der Waals surface area contributed by atoms with Crippen molar-refractivity contribution in [3.05, 3.63) is 53.8 Å². The molecule has 20 heavy (non-hydrogen) atoms. The van der Waals surface area contributed by atoms with Crippen molar-refractivity contribution >= 4 is 15.5 Å². The second-order valence-corrected chi connectivity index (χ2v) is 6.28. The molecule has 0 amide bonds. The third kappa shape index (κ3) is 3.08. The lowest BCUT2D eigenvalue weighted by Crippen LogP contribution is -2.05. The lowest BCUT2D eigenvalue weighted by atomic mass is 10.2.